The molecule has 0 aromatic heterocycles. The van der Waals surface area contributed by atoms with Crippen molar-refractivity contribution in [2.45, 2.75) is 26.2 Å². The summed E-state index contributed by atoms with van der Waals surface area (Å²) in [5, 5.41) is 3.45. The molecule has 1 atom stereocenters. The monoisotopic (exact) mass is 326 g/mol. The third-order valence-corrected chi connectivity index (χ3v) is 4.89. The molecule has 134 valence electrons. The molecule has 2 rings (SSSR count). The molecule has 23 heavy (non-hydrogen) atoms. The van der Waals surface area contributed by atoms with Crippen molar-refractivity contribution in [3.8, 4) is 0 Å². The lowest BCUT2D eigenvalue weighted by Gasteiger charge is -2.25. The number of likely N-dealkylation sites (tertiary alicyclic amines) is 1. The first-order chi connectivity index (χ1) is 11.2. The second-order valence-electron chi connectivity index (χ2n) is 6.86. The van der Waals surface area contributed by atoms with Crippen LogP contribution in [0.3, 0.4) is 0 Å². The quantitative estimate of drug-likeness (QED) is 0.410. The number of guanidine groups is 1. The maximum absolute atomic E-state index is 5.62. The maximum atomic E-state index is 5.62. The zero-order chi connectivity index (χ0) is 16.5. The van der Waals surface area contributed by atoms with Crippen LogP contribution in [0.15, 0.2) is 4.99 Å². The summed E-state index contributed by atoms with van der Waals surface area (Å²) < 4.78 is 10.7. The Balaban J connectivity index is 1.76. The summed E-state index contributed by atoms with van der Waals surface area (Å²) in [6, 6.07) is 0. The van der Waals surface area contributed by atoms with E-state index in [2.05, 4.69) is 29.1 Å². The van der Waals surface area contributed by atoms with Gasteiger partial charge >= 0.3 is 0 Å². The molecule has 0 aromatic rings. The summed E-state index contributed by atoms with van der Waals surface area (Å²) in [5.41, 5.74) is 0.385. The Morgan fingerprint density at radius 3 is 2.96 bits per heavy atom. The second-order valence-corrected chi connectivity index (χ2v) is 6.86. The molecule has 0 saturated carbocycles. The summed E-state index contributed by atoms with van der Waals surface area (Å²) in [7, 11) is 3.89. The zero-order valence-electron chi connectivity index (χ0n) is 15.1. The smallest absolute Gasteiger partial charge is 0.193 e. The molecule has 0 amide bonds. The molecule has 2 fully saturated rings. The van der Waals surface area contributed by atoms with Crippen LogP contribution in [-0.2, 0) is 9.47 Å². The number of methoxy groups -OCH3 is 1. The van der Waals surface area contributed by atoms with Crippen LogP contribution in [0, 0.1) is 5.41 Å². The molecule has 0 bridgehead atoms. The van der Waals surface area contributed by atoms with Gasteiger partial charge < -0.3 is 24.6 Å². The van der Waals surface area contributed by atoms with Crippen molar-refractivity contribution < 1.29 is 9.47 Å². The highest BCUT2D eigenvalue weighted by Crippen LogP contribution is 2.38. The highest BCUT2D eigenvalue weighted by Gasteiger charge is 2.42. The number of hydrogen-bond donors (Lipinski definition) is 1. The van der Waals surface area contributed by atoms with E-state index in [0.717, 1.165) is 71.5 Å². The lowest BCUT2D eigenvalue weighted by molar-refractivity contribution is 0.156. The Hall–Kier alpha value is -0.850. The number of ether oxygens (including phenoxy) is 2. The van der Waals surface area contributed by atoms with E-state index in [1.54, 1.807) is 7.11 Å². The second kappa shape index (κ2) is 9.45. The molecule has 2 aliphatic rings. The topological polar surface area (TPSA) is 49.3 Å². The van der Waals surface area contributed by atoms with Gasteiger partial charge in [-0.2, -0.15) is 0 Å². The van der Waals surface area contributed by atoms with Crippen LogP contribution < -0.4 is 5.32 Å². The largest absolute Gasteiger partial charge is 0.383 e. The van der Waals surface area contributed by atoms with Crippen LogP contribution in [0.4, 0.5) is 0 Å². The van der Waals surface area contributed by atoms with Crippen molar-refractivity contribution in [2.24, 2.45) is 10.4 Å². The standard InChI is InChI=1S/C17H34N4O2/c1-4-18-16(19-8-5-9-20(2)11-13-22-3)21-10-6-17(14-21)7-12-23-15-17/h4-15H2,1-3H3,(H,18,19). The van der Waals surface area contributed by atoms with E-state index in [4.69, 9.17) is 14.5 Å². The highest BCUT2D eigenvalue weighted by atomic mass is 16.5. The van der Waals surface area contributed by atoms with Gasteiger partial charge in [-0.15, -0.1) is 0 Å². The molecule has 0 aromatic carbocycles. The van der Waals surface area contributed by atoms with Gasteiger partial charge in [-0.3, -0.25) is 4.99 Å². The van der Waals surface area contributed by atoms with E-state index in [1.807, 2.05) is 0 Å². The lowest BCUT2D eigenvalue weighted by Crippen LogP contribution is -2.41. The fraction of sp³-hybridized carbons (Fsp3) is 0.941. The van der Waals surface area contributed by atoms with E-state index in [0.29, 0.717) is 5.41 Å². The summed E-state index contributed by atoms with van der Waals surface area (Å²) in [6.07, 6.45) is 3.52. The van der Waals surface area contributed by atoms with E-state index in [1.165, 1.54) is 12.8 Å². The Labute approximate surface area is 141 Å². The average molecular weight is 326 g/mol. The van der Waals surface area contributed by atoms with Crippen molar-refractivity contribution in [1.82, 2.24) is 15.1 Å². The van der Waals surface area contributed by atoms with Crippen LogP contribution in [0.2, 0.25) is 0 Å². The molecule has 2 aliphatic heterocycles. The Morgan fingerprint density at radius 1 is 1.39 bits per heavy atom. The molecular formula is C17H34N4O2. The summed E-state index contributed by atoms with van der Waals surface area (Å²) in [5.74, 6) is 1.08. The maximum Gasteiger partial charge on any atom is 0.193 e. The van der Waals surface area contributed by atoms with E-state index in [-0.39, 0.29) is 0 Å². The molecule has 0 aliphatic carbocycles. The first kappa shape index (κ1) is 18.5. The van der Waals surface area contributed by atoms with Crippen LogP contribution >= 0.6 is 0 Å². The van der Waals surface area contributed by atoms with Crippen molar-refractivity contribution >= 4 is 5.96 Å². The Morgan fingerprint density at radius 2 is 2.26 bits per heavy atom. The van der Waals surface area contributed by atoms with Gasteiger partial charge in [0.15, 0.2) is 5.96 Å². The number of hydrogen-bond acceptors (Lipinski definition) is 4. The molecule has 1 spiro atoms. The van der Waals surface area contributed by atoms with Crippen molar-refractivity contribution in [3.63, 3.8) is 0 Å². The highest BCUT2D eigenvalue weighted by molar-refractivity contribution is 5.80. The fourth-order valence-electron chi connectivity index (χ4n) is 3.40. The van der Waals surface area contributed by atoms with Gasteiger partial charge in [-0.05, 0) is 39.8 Å². The summed E-state index contributed by atoms with van der Waals surface area (Å²) in [4.78, 5) is 9.56. The minimum absolute atomic E-state index is 0.385. The van der Waals surface area contributed by atoms with Gasteiger partial charge in [0.1, 0.15) is 0 Å². The van der Waals surface area contributed by atoms with Gasteiger partial charge in [0.25, 0.3) is 0 Å². The predicted molar refractivity (Wildman–Crippen MR) is 94.0 cm³/mol. The third kappa shape index (κ3) is 5.62. The van der Waals surface area contributed by atoms with Crippen LogP contribution in [0.1, 0.15) is 26.2 Å². The fourth-order valence-corrected chi connectivity index (χ4v) is 3.40. The van der Waals surface area contributed by atoms with Crippen molar-refractivity contribution in [1.29, 1.82) is 0 Å². The number of rotatable bonds is 8. The van der Waals surface area contributed by atoms with Gasteiger partial charge in [-0.1, -0.05) is 0 Å². The van der Waals surface area contributed by atoms with Gasteiger partial charge in [0.05, 0.1) is 13.2 Å². The first-order valence-electron chi connectivity index (χ1n) is 8.97. The Bertz CT molecular complexity index is 370. The zero-order valence-corrected chi connectivity index (χ0v) is 15.1. The third-order valence-electron chi connectivity index (χ3n) is 4.89. The molecule has 6 nitrogen and oxygen atoms in total. The Kier molecular flexibility index (Phi) is 7.59. The molecule has 0 radical (unpaired) electrons. The van der Waals surface area contributed by atoms with E-state index in [9.17, 15) is 0 Å². The van der Waals surface area contributed by atoms with Crippen LogP contribution in [-0.4, -0.2) is 89.0 Å². The minimum atomic E-state index is 0.385. The SMILES string of the molecule is CCNC(=NCCCN(C)CCOC)N1CCC2(CCOC2)C1. The molecule has 2 saturated heterocycles. The van der Waals surface area contributed by atoms with E-state index < -0.39 is 0 Å². The normalized spacial score (nSPS) is 25.0. The summed E-state index contributed by atoms with van der Waals surface area (Å²) >= 11 is 0. The molecule has 6 heteroatoms. The molecule has 2 heterocycles. The number of likely N-dealkylation sites (N-methyl/N-ethyl adjacent to an activating group) is 1. The lowest BCUT2D eigenvalue weighted by atomic mass is 9.87. The van der Waals surface area contributed by atoms with Crippen molar-refractivity contribution in [2.75, 3.05) is 73.2 Å². The van der Waals surface area contributed by atoms with E-state index >= 15 is 0 Å². The van der Waals surface area contributed by atoms with Gasteiger partial charge in [0, 0.05) is 51.9 Å². The predicted octanol–water partition coefficient (Wildman–Crippen LogP) is 1.03. The molecule has 1 N–H and O–H groups in total. The van der Waals surface area contributed by atoms with Crippen molar-refractivity contribution in [3.05, 3.63) is 0 Å². The average Bonchev–Trinajstić information content (AvgIpc) is 3.19. The van der Waals surface area contributed by atoms with Crippen LogP contribution in [0.25, 0.3) is 0 Å². The minimum Gasteiger partial charge on any atom is -0.383 e. The van der Waals surface area contributed by atoms with Gasteiger partial charge in [-0.25, -0.2) is 0 Å². The van der Waals surface area contributed by atoms with Crippen LogP contribution in [0.5, 0.6) is 0 Å². The number of aliphatic imine (C=N–C) groups is 1. The first-order valence-corrected chi connectivity index (χ1v) is 8.97. The number of nitrogens with zero attached hydrogens (tertiary/aromatic N) is 3. The summed E-state index contributed by atoms with van der Waals surface area (Å²) in [6.45, 7) is 10.8. The van der Waals surface area contributed by atoms with Gasteiger partial charge in [0.2, 0.25) is 0 Å². The molecule has 1 unspecified atom stereocenters. The number of nitrogens with one attached hydrogen (secondary N) is 1. The molecular weight excluding hydrogens is 292 g/mol.